The second-order valence-corrected chi connectivity index (χ2v) is 4.84. The number of hydrogen-bond donors (Lipinski definition) is 0. The smallest absolute Gasteiger partial charge is 0.311 e. The van der Waals surface area contributed by atoms with Gasteiger partial charge in [-0.1, -0.05) is 36.4 Å². The Kier molecular flexibility index (Phi) is 6.42. The lowest BCUT2D eigenvalue weighted by Gasteiger charge is -2.26. The highest BCUT2D eigenvalue weighted by molar-refractivity contribution is 5.70. The topological polar surface area (TPSA) is 44.8 Å². The summed E-state index contributed by atoms with van der Waals surface area (Å²) in [5.74, 6) is -0.366. The Morgan fingerprint density at radius 2 is 2.00 bits per heavy atom. The highest BCUT2D eigenvalue weighted by Gasteiger charge is 2.26. The predicted molar refractivity (Wildman–Crippen MR) is 77.1 cm³/mol. The fourth-order valence-corrected chi connectivity index (χ4v) is 1.75. The molecule has 0 heterocycles. The summed E-state index contributed by atoms with van der Waals surface area (Å²) in [4.78, 5) is 12.0. The summed E-state index contributed by atoms with van der Waals surface area (Å²) in [6.45, 7) is 7.58. The molecular weight excluding hydrogens is 256 g/mol. The molecule has 110 valence electrons. The predicted octanol–water partition coefficient (Wildman–Crippen LogP) is 3.03. The molecule has 0 N–H and O–H groups in total. The van der Waals surface area contributed by atoms with Crippen molar-refractivity contribution in [2.75, 3.05) is 13.7 Å². The first-order chi connectivity index (χ1) is 9.49. The molecule has 1 atom stereocenters. The van der Waals surface area contributed by atoms with Crippen LogP contribution < -0.4 is 0 Å². The van der Waals surface area contributed by atoms with Gasteiger partial charge in [-0.05, 0) is 19.4 Å². The fraction of sp³-hybridized carbons (Fsp3) is 0.438. The summed E-state index contributed by atoms with van der Waals surface area (Å²) in [7, 11) is 1.49. The van der Waals surface area contributed by atoms with Gasteiger partial charge < -0.3 is 14.2 Å². The molecule has 20 heavy (non-hydrogen) atoms. The van der Waals surface area contributed by atoms with E-state index in [4.69, 9.17) is 14.2 Å². The fourth-order valence-electron chi connectivity index (χ4n) is 1.75. The Balaban J connectivity index is 2.58. The standard InChI is InChI=1S/C16H22O4/c1-5-11-19-15(18-4)12-14(17)20-16(2,3)13-9-7-6-8-10-13/h5-10,15H,1,11-12H2,2-4H3. The van der Waals surface area contributed by atoms with Crippen LogP contribution in [0.5, 0.6) is 0 Å². The van der Waals surface area contributed by atoms with Crippen molar-refractivity contribution in [1.29, 1.82) is 0 Å². The highest BCUT2D eigenvalue weighted by Crippen LogP contribution is 2.25. The quantitative estimate of drug-likeness (QED) is 0.416. The lowest BCUT2D eigenvalue weighted by atomic mass is 9.98. The van der Waals surface area contributed by atoms with Crippen LogP contribution in [0.25, 0.3) is 0 Å². The monoisotopic (exact) mass is 278 g/mol. The molecule has 0 aliphatic carbocycles. The Morgan fingerprint density at radius 1 is 1.35 bits per heavy atom. The van der Waals surface area contributed by atoms with Gasteiger partial charge in [0.25, 0.3) is 0 Å². The molecule has 1 aromatic rings. The maximum atomic E-state index is 12.0. The first kappa shape index (κ1) is 16.4. The van der Waals surface area contributed by atoms with E-state index < -0.39 is 11.9 Å². The average molecular weight is 278 g/mol. The van der Waals surface area contributed by atoms with E-state index in [9.17, 15) is 4.79 Å². The van der Waals surface area contributed by atoms with Crippen LogP contribution >= 0.6 is 0 Å². The number of hydrogen-bond acceptors (Lipinski definition) is 4. The molecular formula is C16H22O4. The van der Waals surface area contributed by atoms with Gasteiger partial charge in [0.05, 0.1) is 13.0 Å². The second kappa shape index (κ2) is 7.82. The third-order valence-electron chi connectivity index (χ3n) is 2.83. The number of rotatable bonds is 8. The molecule has 0 aliphatic heterocycles. The van der Waals surface area contributed by atoms with Gasteiger partial charge in [-0.2, -0.15) is 0 Å². The Bertz CT molecular complexity index is 425. The molecule has 0 bridgehead atoms. The molecule has 1 unspecified atom stereocenters. The molecule has 0 saturated heterocycles. The number of methoxy groups -OCH3 is 1. The summed E-state index contributed by atoms with van der Waals surface area (Å²) >= 11 is 0. The van der Waals surface area contributed by atoms with Crippen molar-refractivity contribution in [1.82, 2.24) is 0 Å². The lowest BCUT2D eigenvalue weighted by molar-refractivity contribution is -0.173. The van der Waals surface area contributed by atoms with E-state index in [1.54, 1.807) is 6.08 Å². The van der Waals surface area contributed by atoms with Crippen molar-refractivity contribution >= 4 is 5.97 Å². The second-order valence-electron chi connectivity index (χ2n) is 4.84. The lowest BCUT2D eigenvalue weighted by Crippen LogP contribution is -2.29. The van der Waals surface area contributed by atoms with E-state index >= 15 is 0 Å². The summed E-state index contributed by atoms with van der Waals surface area (Å²) in [5, 5.41) is 0. The molecule has 0 aliphatic rings. The molecule has 0 amide bonds. The van der Waals surface area contributed by atoms with Crippen molar-refractivity contribution in [3.8, 4) is 0 Å². The van der Waals surface area contributed by atoms with E-state index in [0.29, 0.717) is 6.61 Å². The number of carbonyl (C=O) groups excluding carboxylic acids is 1. The summed E-state index contributed by atoms with van der Waals surface area (Å²) in [6, 6.07) is 9.60. The Hall–Kier alpha value is -1.65. The van der Waals surface area contributed by atoms with Gasteiger partial charge in [-0.25, -0.2) is 0 Å². The summed E-state index contributed by atoms with van der Waals surface area (Å²) in [5.41, 5.74) is 0.254. The van der Waals surface area contributed by atoms with Gasteiger partial charge in [-0.15, -0.1) is 6.58 Å². The van der Waals surface area contributed by atoms with Gasteiger partial charge in [0.1, 0.15) is 5.60 Å². The number of ether oxygens (including phenoxy) is 3. The molecule has 4 nitrogen and oxygen atoms in total. The summed E-state index contributed by atoms with van der Waals surface area (Å²) < 4.78 is 15.9. The van der Waals surface area contributed by atoms with Crippen LogP contribution in [0.4, 0.5) is 0 Å². The first-order valence-electron chi connectivity index (χ1n) is 6.52. The van der Waals surface area contributed by atoms with Crippen LogP contribution in [0, 0.1) is 0 Å². The van der Waals surface area contributed by atoms with E-state index in [-0.39, 0.29) is 12.4 Å². The zero-order valence-electron chi connectivity index (χ0n) is 12.3. The maximum absolute atomic E-state index is 12.0. The van der Waals surface area contributed by atoms with Gasteiger partial charge in [0.2, 0.25) is 0 Å². The van der Waals surface area contributed by atoms with Crippen LogP contribution in [0.1, 0.15) is 25.8 Å². The van der Waals surface area contributed by atoms with Crippen LogP contribution in [-0.4, -0.2) is 26.0 Å². The number of carbonyl (C=O) groups is 1. The Labute approximate surface area is 120 Å². The van der Waals surface area contributed by atoms with Crippen molar-refractivity contribution in [2.24, 2.45) is 0 Å². The molecule has 0 radical (unpaired) electrons. The summed E-state index contributed by atoms with van der Waals surface area (Å²) in [6.07, 6.45) is 1.03. The van der Waals surface area contributed by atoms with Crippen LogP contribution in [0.15, 0.2) is 43.0 Å². The van der Waals surface area contributed by atoms with Crippen LogP contribution in [0.3, 0.4) is 0 Å². The molecule has 0 fully saturated rings. The SMILES string of the molecule is C=CCOC(CC(=O)OC(C)(C)c1ccccc1)OC. The van der Waals surface area contributed by atoms with Crippen LogP contribution in [-0.2, 0) is 24.6 Å². The minimum absolute atomic E-state index is 0.0423. The molecule has 4 heteroatoms. The zero-order chi connectivity index (χ0) is 15.0. The molecule has 1 aromatic carbocycles. The van der Waals surface area contributed by atoms with Crippen molar-refractivity contribution in [3.05, 3.63) is 48.6 Å². The normalized spacial score (nSPS) is 12.8. The van der Waals surface area contributed by atoms with Crippen molar-refractivity contribution in [3.63, 3.8) is 0 Å². The van der Waals surface area contributed by atoms with E-state index in [2.05, 4.69) is 6.58 Å². The number of esters is 1. The molecule has 1 rings (SSSR count). The third kappa shape index (κ3) is 5.15. The van der Waals surface area contributed by atoms with Gasteiger partial charge in [0.15, 0.2) is 6.29 Å². The van der Waals surface area contributed by atoms with E-state index in [1.165, 1.54) is 7.11 Å². The molecule has 0 saturated carbocycles. The molecule has 0 aromatic heterocycles. The third-order valence-corrected chi connectivity index (χ3v) is 2.83. The first-order valence-corrected chi connectivity index (χ1v) is 6.52. The number of benzene rings is 1. The minimum atomic E-state index is -0.685. The van der Waals surface area contributed by atoms with E-state index in [0.717, 1.165) is 5.56 Å². The van der Waals surface area contributed by atoms with Crippen molar-refractivity contribution in [2.45, 2.75) is 32.2 Å². The van der Waals surface area contributed by atoms with Gasteiger partial charge in [0, 0.05) is 7.11 Å². The Morgan fingerprint density at radius 3 is 2.55 bits per heavy atom. The minimum Gasteiger partial charge on any atom is -0.455 e. The zero-order valence-corrected chi connectivity index (χ0v) is 12.3. The average Bonchev–Trinajstić information content (AvgIpc) is 2.43. The van der Waals surface area contributed by atoms with E-state index in [1.807, 2.05) is 44.2 Å². The maximum Gasteiger partial charge on any atom is 0.311 e. The van der Waals surface area contributed by atoms with Gasteiger partial charge >= 0.3 is 5.97 Å². The van der Waals surface area contributed by atoms with Crippen molar-refractivity contribution < 1.29 is 19.0 Å². The largest absolute Gasteiger partial charge is 0.455 e. The highest BCUT2D eigenvalue weighted by atomic mass is 16.7. The van der Waals surface area contributed by atoms with Crippen LogP contribution in [0.2, 0.25) is 0 Å². The van der Waals surface area contributed by atoms with Gasteiger partial charge in [-0.3, -0.25) is 4.79 Å². The molecule has 0 spiro atoms.